The number of hydrazine groups is 1. The van der Waals surface area contributed by atoms with E-state index >= 15 is 0 Å². The van der Waals surface area contributed by atoms with Crippen molar-refractivity contribution in [2.24, 2.45) is 15.8 Å². The van der Waals surface area contributed by atoms with Gasteiger partial charge in [0.25, 0.3) is 0 Å². The minimum atomic E-state index is 0.120. The summed E-state index contributed by atoms with van der Waals surface area (Å²) in [6, 6.07) is 0. The van der Waals surface area contributed by atoms with Crippen molar-refractivity contribution in [2.45, 2.75) is 0 Å². The van der Waals surface area contributed by atoms with Crippen LogP contribution in [-0.2, 0) is 0 Å². The Morgan fingerprint density at radius 2 is 2.55 bits per heavy atom. The Hall–Kier alpha value is -0.590. The summed E-state index contributed by atoms with van der Waals surface area (Å²) < 4.78 is 0. The monoisotopic (exact) mass is 176 g/mol. The molecule has 0 amide bonds. The Labute approximate surface area is 69.8 Å². The number of amidine groups is 1. The molecule has 64 valence electrons. The second kappa shape index (κ2) is 7.52. The van der Waals surface area contributed by atoms with E-state index in [9.17, 15) is 0 Å². The van der Waals surface area contributed by atoms with Crippen molar-refractivity contribution < 1.29 is 5.11 Å². The fourth-order valence-corrected chi connectivity index (χ4v) is 0.919. The van der Waals surface area contributed by atoms with Crippen molar-refractivity contribution in [1.29, 1.82) is 0 Å². The van der Waals surface area contributed by atoms with Crippen molar-refractivity contribution in [1.82, 2.24) is 5.43 Å². The molecule has 0 heterocycles. The fourth-order valence-electron chi connectivity index (χ4n) is 0.389. The van der Waals surface area contributed by atoms with Crippen molar-refractivity contribution in [2.75, 3.05) is 19.4 Å². The fraction of sp³-hybridized carbons (Fsp3) is 0.600. The molecule has 0 unspecified atom stereocenters. The minimum Gasteiger partial charge on any atom is -0.396 e. The van der Waals surface area contributed by atoms with Gasteiger partial charge >= 0.3 is 0 Å². The van der Waals surface area contributed by atoms with E-state index in [1.807, 2.05) is 0 Å². The van der Waals surface area contributed by atoms with E-state index < -0.39 is 0 Å². The lowest BCUT2D eigenvalue weighted by molar-refractivity contribution is 0.323. The van der Waals surface area contributed by atoms with Crippen LogP contribution in [0.5, 0.6) is 0 Å². The van der Waals surface area contributed by atoms with Gasteiger partial charge in [0.2, 0.25) is 0 Å². The van der Waals surface area contributed by atoms with Crippen LogP contribution in [0.4, 0.5) is 0 Å². The highest BCUT2D eigenvalue weighted by molar-refractivity contribution is 8.13. The molecule has 11 heavy (non-hydrogen) atoms. The molecule has 0 aliphatic heterocycles. The summed E-state index contributed by atoms with van der Waals surface area (Å²) in [5, 5.41) is 9.06. The molecule has 0 fully saturated rings. The van der Waals surface area contributed by atoms with Gasteiger partial charge in [0.05, 0.1) is 6.61 Å². The maximum atomic E-state index is 8.47. The smallest absolute Gasteiger partial charge is 0.184 e. The van der Waals surface area contributed by atoms with Crippen LogP contribution in [0.1, 0.15) is 0 Å². The molecule has 0 atom stereocenters. The molecule has 4 N–H and O–H groups in total. The van der Waals surface area contributed by atoms with E-state index in [0.717, 1.165) is 0 Å². The third kappa shape index (κ3) is 5.84. The standard InChI is InChI=1S/C5H12N4OS/c1-7-5(8-4-9-6)11-3-2-10/h4,10H,2-3,6H2,1H3,(H,7,8,9). The molecule has 0 aromatic rings. The maximum Gasteiger partial charge on any atom is 0.184 e. The van der Waals surface area contributed by atoms with Crippen molar-refractivity contribution in [3.63, 3.8) is 0 Å². The second-order valence-corrected chi connectivity index (χ2v) is 2.57. The molecule has 0 aromatic heterocycles. The number of rotatable bonds is 3. The van der Waals surface area contributed by atoms with E-state index in [0.29, 0.717) is 10.9 Å². The predicted molar refractivity (Wildman–Crippen MR) is 48.7 cm³/mol. The van der Waals surface area contributed by atoms with E-state index in [1.54, 1.807) is 7.05 Å². The number of aliphatic hydroxyl groups is 1. The summed E-state index contributed by atoms with van der Waals surface area (Å²) in [7, 11) is 1.63. The van der Waals surface area contributed by atoms with Gasteiger partial charge in [-0.15, -0.1) is 0 Å². The van der Waals surface area contributed by atoms with Crippen molar-refractivity contribution in [3.05, 3.63) is 0 Å². The van der Waals surface area contributed by atoms with Gasteiger partial charge in [0.1, 0.15) is 6.34 Å². The first kappa shape index (κ1) is 10.4. The number of thioether (sulfide) groups is 1. The molecule has 0 radical (unpaired) electrons. The van der Waals surface area contributed by atoms with Crippen molar-refractivity contribution in [3.8, 4) is 0 Å². The van der Waals surface area contributed by atoms with Crippen LogP contribution in [0.2, 0.25) is 0 Å². The average molecular weight is 176 g/mol. The Morgan fingerprint density at radius 1 is 1.82 bits per heavy atom. The van der Waals surface area contributed by atoms with Crippen molar-refractivity contribution >= 4 is 23.3 Å². The summed E-state index contributed by atoms with van der Waals surface area (Å²) in [5.74, 6) is 5.54. The lowest BCUT2D eigenvalue weighted by Gasteiger charge is -1.95. The van der Waals surface area contributed by atoms with Crippen LogP contribution in [0.3, 0.4) is 0 Å². The lowest BCUT2D eigenvalue weighted by Crippen LogP contribution is -2.19. The molecule has 0 bridgehead atoms. The zero-order chi connectivity index (χ0) is 8.53. The van der Waals surface area contributed by atoms with Crippen LogP contribution in [0.15, 0.2) is 9.98 Å². The van der Waals surface area contributed by atoms with Crippen LogP contribution < -0.4 is 11.3 Å². The van der Waals surface area contributed by atoms with E-state index in [4.69, 9.17) is 10.9 Å². The van der Waals surface area contributed by atoms with Gasteiger partial charge in [-0.25, -0.2) is 10.8 Å². The first-order chi connectivity index (χ1) is 5.35. The largest absolute Gasteiger partial charge is 0.396 e. The molecule has 0 aliphatic carbocycles. The third-order valence-electron chi connectivity index (χ3n) is 0.763. The SMILES string of the molecule is CN=C(/N=C/NN)SCCO. The number of aliphatic hydroxyl groups excluding tert-OH is 1. The number of nitrogens with zero attached hydrogens (tertiary/aromatic N) is 2. The Morgan fingerprint density at radius 3 is 3.00 bits per heavy atom. The molecular weight excluding hydrogens is 164 g/mol. The quantitative estimate of drug-likeness (QED) is 0.227. The van der Waals surface area contributed by atoms with Gasteiger partial charge in [-0.2, -0.15) is 0 Å². The number of nitrogens with two attached hydrogens (primary N) is 1. The van der Waals surface area contributed by atoms with Gasteiger partial charge < -0.3 is 10.5 Å². The van der Waals surface area contributed by atoms with Gasteiger partial charge in [-0.1, -0.05) is 11.8 Å². The zero-order valence-corrected chi connectivity index (χ0v) is 7.14. The Bertz CT molecular complexity index is 147. The number of hydrogen-bond donors (Lipinski definition) is 3. The second-order valence-electron chi connectivity index (χ2n) is 1.50. The number of nitrogens with one attached hydrogen (secondary N) is 1. The van der Waals surface area contributed by atoms with Crippen LogP contribution in [0.25, 0.3) is 0 Å². The third-order valence-corrected chi connectivity index (χ3v) is 1.70. The lowest BCUT2D eigenvalue weighted by atomic mass is 10.9. The normalized spacial score (nSPS) is 12.5. The number of hydrogen-bond acceptors (Lipinski definition) is 4. The molecule has 0 saturated heterocycles. The van der Waals surface area contributed by atoms with Gasteiger partial charge in [-0.05, 0) is 0 Å². The molecular formula is C5H12N4OS. The van der Waals surface area contributed by atoms with Gasteiger partial charge in [0.15, 0.2) is 5.17 Å². The zero-order valence-electron chi connectivity index (χ0n) is 6.32. The minimum absolute atomic E-state index is 0.120. The summed E-state index contributed by atoms with van der Waals surface area (Å²) in [4.78, 5) is 7.68. The Balaban J connectivity index is 3.68. The highest BCUT2D eigenvalue weighted by atomic mass is 32.2. The molecule has 0 saturated carbocycles. The maximum absolute atomic E-state index is 8.47. The first-order valence-corrected chi connectivity index (χ1v) is 4.02. The summed E-state index contributed by atoms with van der Waals surface area (Å²) in [5.41, 5.74) is 2.26. The molecule has 0 rings (SSSR count). The van der Waals surface area contributed by atoms with Gasteiger partial charge in [-0.3, -0.25) is 4.99 Å². The highest BCUT2D eigenvalue weighted by Crippen LogP contribution is 2.02. The number of aliphatic imine (C=N–C) groups is 2. The molecule has 0 aliphatic rings. The summed E-state index contributed by atoms with van der Waals surface area (Å²) in [6.07, 6.45) is 1.34. The van der Waals surface area contributed by atoms with E-state index in [2.05, 4.69) is 15.4 Å². The van der Waals surface area contributed by atoms with Crippen LogP contribution in [-0.4, -0.2) is 36.0 Å². The highest BCUT2D eigenvalue weighted by Gasteiger charge is 1.92. The van der Waals surface area contributed by atoms with E-state index in [1.165, 1.54) is 18.1 Å². The van der Waals surface area contributed by atoms with Crippen LogP contribution >= 0.6 is 11.8 Å². The summed E-state index contributed by atoms with van der Waals surface area (Å²) >= 11 is 1.37. The molecule has 5 nitrogen and oxygen atoms in total. The molecule has 0 spiro atoms. The first-order valence-electron chi connectivity index (χ1n) is 3.04. The molecule has 6 heteroatoms. The molecule has 0 aromatic carbocycles. The van der Waals surface area contributed by atoms with Crippen LogP contribution in [0, 0.1) is 0 Å². The topological polar surface area (TPSA) is 83.0 Å². The summed E-state index contributed by atoms with van der Waals surface area (Å²) in [6.45, 7) is 0.120. The predicted octanol–water partition coefficient (Wildman–Crippen LogP) is -0.811. The van der Waals surface area contributed by atoms with Gasteiger partial charge in [0, 0.05) is 12.8 Å². The average Bonchev–Trinajstić information content (AvgIpc) is 2.05. The van der Waals surface area contributed by atoms with E-state index in [-0.39, 0.29) is 6.61 Å². The Kier molecular flexibility index (Phi) is 7.11.